The largest absolute Gasteiger partial charge is 0.472 e. The average molecular weight is 1380 g/mol. The van der Waals surface area contributed by atoms with Gasteiger partial charge in [0.2, 0.25) is 5.91 Å². The van der Waals surface area contributed by atoms with E-state index in [1.54, 1.807) is 30.3 Å². The van der Waals surface area contributed by atoms with Crippen molar-refractivity contribution in [3.8, 4) is 0 Å². The lowest BCUT2D eigenvalue weighted by atomic mass is 9.88. The summed E-state index contributed by atoms with van der Waals surface area (Å²) in [6.07, 6.45) is 31.4. The van der Waals surface area contributed by atoms with Crippen LogP contribution < -0.4 is 5.32 Å². The third-order valence-corrected chi connectivity index (χ3v) is 17.8. The van der Waals surface area contributed by atoms with Gasteiger partial charge in [-0.1, -0.05) is 250 Å². The van der Waals surface area contributed by atoms with Crippen LogP contribution in [0.2, 0.25) is 0 Å². The molecule has 96 heavy (non-hydrogen) atoms. The monoisotopic (exact) mass is 1380 g/mol. The molecule has 1 aliphatic heterocycles. The Kier molecular flexibility index (Phi) is 49.8. The van der Waals surface area contributed by atoms with Gasteiger partial charge < -0.3 is 52.8 Å². The number of phosphoric acid groups is 1. The molecule has 0 spiro atoms. The summed E-state index contributed by atoms with van der Waals surface area (Å²) in [5.74, 6) is -8.41. The molecule has 552 valence electrons. The Hall–Kier alpha value is -4.99. The highest BCUT2D eigenvalue weighted by Crippen LogP contribution is 2.44. The number of ether oxygens (including phenoxy) is 9. The number of amides is 1. The third-order valence-electron chi connectivity index (χ3n) is 16.8. The molecule has 3 unspecified atom stereocenters. The number of rotatable bonds is 60. The topological polar surface area (TPSA) is 287 Å². The van der Waals surface area contributed by atoms with Gasteiger partial charge in [0.1, 0.15) is 32.0 Å². The normalized spacial score (nSPS) is 17.6. The fourth-order valence-corrected chi connectivity index (χ4v) is 12.5. The van der Waals surface area contributed by atoms with Crippen LogP contribution in [0.15, 0.2) is 30.3 Å². The minimum atomic E-state index is -4.63. The molecule has 2 rings (SSSR count). The predicted octanol–water partition coefficient (Wildman–Crippen LogP) is 15.5. The van der Waals surface area contributed by atoms with Gasteiger partial charge in [-0.2, -0.15) is 0 Å². The van der Waals surface area contributed by atoms with Crippen LogP contribution in [0.3, 0.4) is 0 Å². The molecule has 0 bridgehead atoms. The molecule has 0 saturated carbocycles. The molecule has 2 N–H and O–H groups in total. The van der Waals surface area contributed by atoms with Gasteiger partial charge in [0.15, 0.2) is 18.3 Å². The van der Waals surface area contributed by atoms with E-state index in [9.17, 15) is 47.8 Å². The quantitative estimate of drug-likeness (QED) is 0.0265. The zero-order valence-corrected chi connectivity index (χ0v) is 60.6. The van der Waals surface area contributed by atoms with Gasteiger partial charge in [-0.3, -0.25) is 42.6 Å². The van der Waals surface area contributed by atoms with E-state index in [1.807, 2.05) is 0 Å². The number of hydrogen-bond donors (Lipinski definition) is 2. The van der Waals surface area contributed by atoms with E-state index < -0.39 is 117 Å². The van der Waals surface area contributed by atoms with Crippen molar-refractivity contribution in [2.75, 3.05) is 33.0 Å². The van der Waals surface area contributed by atoms with Gasteiger partial charge in [0.25, 0.3) is 5.79 Å². The Bertz CT molecular complexity index is 2330. The fourth-order valence-electron chi connectivity index (χ4n) is 11.7. The second-order valence-electron chi connectivity index (χ2n) is 25.8. The molecule has 1 aliphatic rings. The molecule has 1 aromatic carbocycles. The maximum Gasteiger partial charge on any atom is 0.472 e. The molecule has 23 heteroatoms. The van der Waals surface area contributed by atoms with Crippen LogP contribution in [-0.2, 0) is 101 Å². The van der Waals surface area contributed by atoms with Crippen molar-refractivity contribution < 1.29 is 99.5 Å². The second kappa shape index (κ2) is 54.9. The highest BCUT2D eigenvalue weighted by Gasteiger charge is 2.59. The van der Waals surface area contributed by atoms with Gasteiger partial charge in [0, 0.05) is 47.5 Å². The Balaban J connectivity index is 2.01. The molecule has 1 fully saturated rings. The van der Waals surface area contributed by atoms with Gasteiger partial charge in [0.05, 0.1) is 32.3 Å². The van der Waals surface area contributed by atoms with Crippen molar-refractivity contribution in [3.05, 3.63) is 35.9 Å². The highest BCUT2D eigenvalue weighted by molar-refractivity contribution is 7.47. The van der Waals surface area contributed by atoms with E-state index in [1.165, 1.54) is 148 Å². The predicted molar refractivity (Wildman–Crippen MR) is 365 cm³/mol. The summed E-state index contributed by atoms with van der Waals surface area (Å²) in [6, 6.07) is 7.35. The summed E-state index contributed by atoms with van der Waals surface area (Å²) in [6.45, 7) is 7.99. The summed E-state index contributed by atoms with van der Waals surface area (Å²) < 4.78 is 75.7. The van der Waals surface area contributed by atoms with Crippen LogP contribution in [0.4, 0.5) is 0 Å². The van der Waals surface area contributed by atoms with Gasteiger partial charge >= 0.3 is 49.6 Å². The van der Waals surface area contributed by atoms with Crippen molar-refractivity contribution in [2.24, 2.45) is 0 Å². The van der Waals surface area contributed by atoms with E-state index in [4.69, 9.17) is 51.7 Å². The molecular formula is C73H124NO21P. The minimum Gasteiger partial charge on any atom is -0.462 e. The number of esters is 7. The Morgan fingerprint density at radius 3 is 1.43 bits per heavy atom. The lowest BCUT2D eigenvalue weighted by Crippen LogP contribution is -2.69. The van der Waals surface area contributed by atoms with Gasteiger partial charge in [-0.25, -0.2) is 9.36 Å². The molecule has 0 aromatic heterocycles. The van der Waals surface area contributed by atoms with Crippen molar-refractivity contribution in [1.82, 2.24) is 5.32 Å². The first-order valence-electron chi connectivity index (χ1n) is 36.6. The van der Waals surface area contributed by atoms with Crippen LogP contribution in [0.5, 0.6) is 0 Å². The van der Waals surface area contributed by atoms with Crippen molar-refractivity contribution in [3.63, 3.8) is 0 Å². The summed E-state index contributed by atoms with van der Waals surface area (Å²) in [4.78, 5) is 114. The maximum absolute atomic E-state index is 14.5. The van der Waals surface area contributed by atoms with Gasteiger partial charge in [-0.05, 0) is 31.2 Å². The fraction of sp³-hybridized carbons (Fsp3) is 0.808. The number of carbonyl (C=O) groups excluding carboxylic acids is 8. The van der Waals surface area contributed by atoms with Crippen LogP contribution in [0.1, 0.15) is 304 Å². The molecule has 0 radical (unpaired) electrons. The third kappa shape index (κ3) is 44.1. The van der Waals surface area contributed by atoms with Crippen LogP contribution in [0, 0.1) is 0 Å². The van der Waals surface area contributed by atoms with E-state index in [-0.39, 0.29) is 39.3 Å². The summed E-state index contributed by atoms with van der Waals surface area (Å²) in [5, 5.41) is 2.66. The molecule has 1 heterocycles. The molecule has 0 aliphatic carbocycles. The minimum absolute atomic E-state index is 0.128. The molecular weight excluding hydrogens is 1260 g/mol. The van der Waals surface area contributed by atoms with Crippen LogP contribution >= 0.6 is 7.82 Å². The van der Waals surface area contributed by atoms with Crippen molar-refractivity contribution >= 4 is 55.5 Å². The van der Waals surface area contributed by atoms with Crippen LogP contribution in [-0.4, -0.2) is 128 Å². The zero-order valence-electron chi connectivity index (χ0n) is 59.7. The van der Waals surface area contributed by atoms with E-state index in [0.29, 0.717) is 56.9 Å². The first kappa shape index (κ1) is 87.1. The maximum atomic E-state index is 14.5. The van der Waals surface area contributed by atoms with Crippen molar-refractivity contribution in [2.45, 2.75) is 348 Å². The number of hydrogen-bond acceptors (Lipinski definition) is 20. The number of unbranched alkanes of at least 4 members (excludes halogenated alkanes) is 33. The van der Waals surface area contributed by atoms with Crippen molar-refractivity contribution in [1.29, 1.82) is 0 Å². The summed E-state index contributed by atoms with van der Waals surface area (Å²) in [5.41, 5.74) is 0.608. The van der Waals surface area contributed by atoms with Gasteiger partial charge in [-0.15, -0.1) is 0 Å². The Morgan fingerprint density at radius 1 is 0.510 bits per heavy atom. The van der Waals surface area contributed by atoms with E-state index in [2.05, 4.69) is 19.2 Å². The lowest BCUT2D eigenvalue weighted by Gasteiger charge is -2.48. The zero-order chi connectivity index (χ0) is 70.5. The standard InChI is InChI=1S/C73H124NO21P/c1-8-10-12-14-16-18-20-22-24-26-28-30-32-36-43-49-67(80)86-55-64(94-68(81)50-44-37-33-31-29-27-25-23-21-19-17-15-13-11-9-2)56-90-96(83,84)89-52-46-39-35-34-38-45-51-88-73(72(82)87-54-63-47-41-40-42-48-63)53-65(91-60(5)77)69(74-58(3)75)71(95-73)70(93-62(7)79)66(92-61(6)78)57-85-59(4)76/h40-42,47-48,64-66,69-71H,8-39,43-46,49-57H2,1-7H3,(H,74,75)(H,83,84)/t64?,65-,66+,69+,70+,71+,73?/m0/s1. The summed E-state index contributed by atoms with van der Waals surface area (Å²) in [7, 11) is -4.63. The number of carbonyl (C=O) groups is 8. The molecule has 1 saturated heterocycles. The van der Waals surface area contributed by atoms with E-state index in [0.717, 1.165) is 66.2 Å². The van der Waals surface area contributed by atoms with E-state index >= 15 is 0 Å². The summed E-state index contributed by atoms with van der Waals surface area (Å²) >= 11 is 0. The smallest absolute Gasteiger partial charge is 0.462 e. The Morgan fingerprint density at radius 2 is 0.969 bits per heavy atom. The second-order valence-corrected chi connectivity index (χ2v) is 27.2. The molecule has 22 nitrogen and oxygen atoms in total. The number of benzene rings is 1. The average Bonchev–Trinajstić information content (AvgIpc) is 0.761. The first-order valence-corrected chi connectivity index (χ1v) is 38.1. The lowest BCUT2D eigenvalue weighted by molar-refractivity contribution is -0.315. The number of nitrogens with one attached hydrogen (secondary N) is 1. The SMILES string of the molecule is CCCCCCCCCCCCCCCCCC(=O)OCC(COP(=O)(O)OCCCCCCCCOC1(C(=O)OCc2ccccc2)C[C@H](OC(C)=O)[C@@H](NC(C)=O)[C@H]([C@H](OC(C)=O)[C@@H](COC(C)=O)OC(C)=O)O1)OC(=O)CCCCCCCCCCCCCCCCC. The molecule has 1 amide bonds. The van der Waals surface area contributed by atoms with Crippen LogP contribution in [0.25, 0.3) is 0 Å². The first-order chi connectivity index (χ1) is 46.2. The Labute approximate surface area is 574 Å². The molecule has 8 atom stereocenters. The molecule has 1 aromatic rings. The number of phosphoric ester groups is 1. The highest BCUT2D eigenvalue weighted by atomic mass is 31.2.